The van der Waals surface area contributed by atoms with E-state index in [0.717, 1.165) is 12.8 Å². The highest BCUT2D eigenvalue weighted by Crippen LogP contribution is 2.13. The Balaban J connectivity index is 0. The van der Waals surface area contributed by atoms with Gasteiger partial charge in [0.2, 0.25) is 0 Å². The molecular formula is C12H24MgO4. The molecular weight excluding hydrogens is 232 g/mol. The van der Waals surface area contributed by atoms with Crippen LogP contribution in [0.4, 0.5) is 0 Å². The van der Waals surface area contributed by atoms with E-state index in [0.29, 0.717) is 6.42 Å². The van der Waals surface area contributed by atoms with Gasteiger partial charge in [-0.3, -0.25) is 9.59 Å². The summed E-state index contributed by atoms with van der Waals surface area (Å²) in [6.07, 6.45) is 7.78. The van der Waals surface area contributed by atoms with Gasteiger partial charge in [0, 0.05) is 0 Å². The molecule has 0 aliphatic heterocycles. The Kier molecular flexibility index (Phi) is 13.6. The van der Waals surface area contributed by atoms with Crippen molar-refractivity contribution in [2.45, 2.75) is 58.3 Å². The van der Waals surface area contributed by atoms with Gasteiger partial charge in [0.1, 0.15) is 0 Å². The average molecular weight is 257 g/mol. The van der Waals surface area contributed by atoms with Crippen LogP contribution in [0.5, 0.6) is 0 Å². The van der Waals surface area contributed by atoms with Gasteiger partial charge in [-0.05, 0) is 6.42 Å². The Bertz CT molecular complexity index is 205. The number of unbranched alkanes of at least 4 members (excludes halogenated alkanes) is 6. The van der Waals surface area contributed by atoms with E-state index in [9.17, 15) is 9.59 Å². The van der Waals surface area contributed by atoms with E-state index in [1.54, 1.807) is 0 Å². The van der Waals surface area contributed by atoms with E-state index in [-0.39, 0.29) is 29.5 Å². The zero-order chi connectivity index (χ0) is 12.4. The van der Waals surface area contributed by atoms with Crippen LogP contribution in [0.25, 0.3) is 0 Å². The summed E-state index contributed by atoms with van der Waals surface area (Å²) in [5.74, 6) is -3.67. The maximum absolute atomic E-state index is 10.6. The molecule has 0 aliphatic rings. The molecule has 2 N–H and O–H groups in total. The maximum Gasteiger partial charge on any atom is 0.317 e. The molecule has 0 bridgehead atoms. The molecule has 4 nitrogen and oxygen atoms in total. The van der Waals surface area contributed by atoms with Gasteiger partial charge in [0.15, 0.2) is 5.92 Å². The molecule has 0 radical (unpaired) electrons. The molecule has 0 aliphatic carbocycles. The van der Waals surface area contributed by atoms with Crippen molar-refractivity contribution in [3.8, 4) is 0 Å². The highest BCUT2D eigenvalue weighted by molar-refractivity contribution is 5.92. The monoisotopic (exact) mass is 256 g/mol. The SMILES string of the molecule is CCCCCCCCCC(C(=O)O)C(=O)O.[MgH2]. The van der Waals surface area contributed by atoms with Crippen LogP contribution in [0, 0.1) is 5.92 Å². The Morgan fingerprint density at radius 1 is 0.882 bits per heavy atom. The van der Waals surface area contributed by atoms with Gasteiger partial charge in [-0.15, -0.1) is 0 Å². The van der Waals surface area contributed by atoms with Gasteiger partial charge in [-0.2, -0.15) is 0 Å². The third kappa shape index (κ3) is 10.6. The summed E-state index contributed by atoms with van der Waals surface area (Å²) in [6, 6.07) is 0. The first-order chi connectivity index (χ1) is 7.59. The molecule has 0 atom stereocenters. The lowest BCUT2D eigenvalue weighted by Crippen LogP contribution is -2.23. The predicted molar refractivity (Wildman–Crippen MR) is 69.9 cm³/mol. The molecule has 17 heavy (non-hydrogen) atoms. The number of hydrogen-bond acceptors (Lipinski definition) is 2. The number of carbonyl (C=O) groups is 2. The second-order valence-corrected chi connectivity index (χ2v) is 4.14. The molecule has 0 unspecified atom stereocenters. The van der Waals surface area contributed by atoms with Crippen molar-refractivity contribution in [1.82, 2.24) is 0 Å². The van der Waals surface area contributed by atoms with Crippen LogP contribution in [0.3, 0.4) is 0 Å². The summed E-state index contributed by atoms with van der Waals surface area (Å²) in [6.45, 7) is 2.16. The summed E-state index contributed by atoms with van der Waals surface area (Å²) in [7, 11) is 0. The Morgan fingerprint density at radius 2 is 1.29 bits per heavy atom. The Morgan fingerprint density at radius 3 is 1.71 bits per heavy atom. The van der Waals surface area contributed by atoms with Crippen molar-refractivity contribution in [2.24, 2.45) is 5.92 Å². The molecule has 0 saturated carbocycles. The molecule has 0 aromatic rings. The molecule has 0 fully saturated rings. The minimum atomic E-state index is -1.23. The summed E-state index contributed by atoms with van der Waals surface area (Å²) in [4.78, 5) is 21.1. The average Bonchev–Trinajstić information content (AvgIpc) is 2.21. The fourth-order valence-electron chi connectivity index (χ4n) is 1.66. The molecule has 0 spiro atoms. The number of rotatable bonds is 10. The number of aliphatic carboxylic acids is 2. The van der Waals surface area contributed by atoms with Gasteiger partial charge < -0.3 is 10.2 Å². The zero-order valence-electron chi connectivity index (χ0n) is 9.95. The zero-order valence-corrected chi connectivity index (χ0v) is 9.95. The smallest absolute Gasteiger partial charge is 0.317 e. The van der Waals surface area contributed by atoms with Crippen molar-refractivity contribution in [1.29, 1.82) is 0 Å². The summed E-state index contributed by atoms with van der Waals surface area (Å²) in [5.41, 5.74) is 0. The van der Waals surface area contributed by atoms with Crippen molar-refractivity contribution < 1.29 is 19.8 Å². The first-order valence-electron chi connectivity index (χ1n) is 6.05. The van der Waals surface area contributed by atoms with Crippen molar-refractivity contribution in [2.75, 3.05) is 0 Å². The largest absolute Gasteiger partial charge is 0.481 e. The van der Waals surface area contributed by atoms with E-state index in [1.807, 2.05) is 0 Å². The highest BCUT2D eigenvalue weighted by Gasteiger charge is 2.24. The third-order valence-electron chi connectivity index (χ3n) is 2.69. The molecule has 0 saturated heterocycles. The number of hydrogen-bond donors (Lipinski definition) is 2. The normalized spacial score (nSPS) is 10.0. The molecule has 0 rings (SSSR count). The van der Waals surface area contributed by atoms with Gasteiger partial charge >= 0.3 is 35.0 Å². The molecule has 0 amide bonds. The Hall–Kier alpha value is -0.294. The lowest BCUT2D eigenvalue weighted by molar-refractivity contribution is -0.154. The van der Waals surface area contributed by atoms with Crippen molar-refractivity contribution in [3.63, 3.8) is 0 Å². The van der Waals surface area contributed by atoms with Crippen LogP contribution in [0.2, 0.25) is 0 Å². The fourth-order valence-corrected chi connectivity index (χ4v) is 1.66. The fraction of sp³-hybridized carbons (Fsp3) is 0.833. The summed E-state index contributed by atoms with van der Waals surface area (Å²) in [5, 5.41) is 17.3. The van der Waals surface area contributed by atoms with Crippen molar-refractivity contribution >= 4 is 35.0 Å². The molecule has 0 heterocycles. The Labute approximate surface area is 119 Å². The van der Waals surface area contributed by atoms with E-state index in [1.165, 1.54) is 25.7 Å². The minimum Gasteiger partial charge on any atom is -0.481 e. The highest BCUT2D eigenvalue weighted by atomic mass is 24.3. The van der Waals surface area contributed by atoms with Gasteiger partial charge in [0.25, 0.3) is 0 Å². The van der Waals surface area contributed by atoms with Crippen molar-refractivity contribution in [3.05, 3.63) is 0 Å². The van der Waals surface area contributed by atoms with E-state index >= 15 is 0 Å². The van der Waals surface area contributed by atoms with Crippen LogP contribution >= 0.6 is 0 Å². The second-order valence-electron chi connectivity index (χ2n) is 4.14. The quantitative estimate of drug-likeness (QED) is 0.356. The van der Waals surface area contributed by atoms with Crippen LogP contribution < -0.4 is 0 Å². The van der Waals surface area contributed by atoms with Gasteiger partial charge in [0.05, 0.1) is 0 Å². The van der Waals surface area contributed by atoms with Crippen LogP contribution in [0.15, 0.2) is 0 Å². The topological polar surface area (TPSA) is 74.6 Å². The van der Waals surface area contributed by atoms with E-state index < -0.39 is 17.9 Å². The maximum atomic E-state index is 10.6. The predicted octanol–water partition coefficient (Wildman–Crippen LogP) is 2.00. The van der Waals surface area contributed by atoms with Crippen LogP contribution in [0.1, 0.15) is 58.3 Å². The van der Waals surface area contributed by atoms with Crippen LogP contribution in [-0.2, 0) is 9.59 Å². The third-order valence-corrected chi connectivity index (χ3v) is 2.69. The van der Waals surface area contributed by atoms with E-state index in [4.69, 9.17) is 10.2 Å². The first-order valence-corrected chi connectivity index (χ1v) is 6.05. The van der Waals surface area contributed by atoms with Crippen LogP contribution in [-0.4, -0.2) is 45.2 Å². The van der Waals surface area contributed by atoms with Gasteiger partial charge in [-0.25, -0.2) is 0 Å². The number of carboxylic acids is 2. The molecule has 0 aromatic carbocycles. The molecule has 0 aromatic heterocycles. The summed E-state index contributed by atoms with van der Waals surface area (Å²) >= 11 is 0. The first kappa shape index (κ1) is 19.1. The summed E-state index contributed by atoms with van der Waals surface area (Å²) < 4.78 is 0. The number of carboxylic acid groups (broad SMARTS) is 2. The minimum absolute atomic E-state index is 0. The lowest BCUT2D eigenvalue weighted by Gasteiger charge is -2.06. The standard InChI is InChI=1S/C12H22O4.Mg.2H/c1-2-3-4-5-6-7-8-9-10(11(13)14)12(15)16;;;/h10H,2-9H2,1H3,(H,13,14)(H,15,16);;;. The molecule has 5 heteroatoms. The molecule has 98 valence electrons. The van der Waals surface area contributed by atoms with Gasteiger partial charge in [-0.1, -0.05) is 51.9 Å². The second kappa shape index (κ2) is 12.2. The van der Waals surface area contributed by atoms with E-state index in [2.05, 4.69) is 6.92 Å². The lowest BCUT2D eigenvalue weighted by atomic mass is 10.0.